The Bertz CT molecular complexity index is 2020. The number of amides is 3. The van der Waals surface area contributed by atoms with Crippen molar-refractivity contribution in [2.75, 3.05) is 50.7 Å². The third-order valence-corrected chi connectivity index (χ3v) is 12.6. The van der Waals surface area contributed by atoms with E-state index in [0.717, 1.165) is 79.0 Å². The van der Waals surface area contributed by atoms with E-state index in [9.17, 15) is 23.2 Å². The average molecular weight is 696 g/mol. The van der Waals surface area contributed by atoms with Crippen molar-refractivity contribution in [2.24, 2.45) is 17.3 Å². The van der Waals surface area contributed by atoms with Gasteiger partial charge in [-0.25, -0.2) is 8.78 Å². The second kappa shape index (κ2) is 12.0. The maximum Gasteiger partial charge on any atom is 0.258 e. The van der Waals surface area contributed by atoms with Crippen LogP contribution in [0.3, 0.4) is 0 Å². The molecule has 9 rings (SSSR count). The number of aromatic nitrogens is 3. The van der Waals surface area contributed by atoms with Gasteiger partial charge < -0.3 is 14.8 Å². The predicted octanol–water partition coefficient (Wildman–Crippen LogP) is 5.12. The molecule has 2 aliphatic carbocycles. The first-order valence-electron chi connectivity index (χ1n) is 18.3. The van der Waals surface area contributed by atoms with E-state index < -0.39 is 17.3 Å². The molecule has 0 radical (unpaired) electrons. The monoisotopic (exact) mass is 695 g/mol. The van der Waals surface area contributed by atoms with Crippen molar-refractivity contribution >= 4 is 34.3 Å². The molecule has 51 heavy (non-hydrogen) atoms. The minimum absolute atomic E-state index is 0.0311. The van der Waals surface area contributed by atoms with Crippen molar-refractivity contribution in [3.05, 3.63) is 70.9 Å². The molecule has 2 aromatic heterocycles. The number of aromatic amines is 2. The molecule has 266 valence electrons. The molecule has 0 bridgehead atoms. The predicted molar refractivity (Wildman–Crippen MR) is 189 cm³/mol. The highest BCUT2D eigenvalue weighted by Crippen LogP contribution is 2.70. The fraction of sp³-hybridized carbons (Fsp3) is 0.487. The number of carbonyl (C=O) groups excluding carboxylic acids is 3. The number of alkyl halides is 2. The number of rotatable bonds is 6. The van der Waals surface area contributed by atoms with Gasteiger partial charge in [-0.2, -0.15) is 5.10 Å². The van der Waals surface area contributed by atoms with E-state index in [-0.39, 0.29) is 23.6 Å². The molecule has 3 N–H and O–H groups in total. The number of anilines is 1. The van der Waals surface area contributed by atoms with Crippen LogP contribution in [0.4, 0.5) is 14.5 Å². The lowest BCUT2D eigenvalue weighted by molar-refractivity contribution is -0.134. The summed E-state index contributed by atoms with van der Waals surface area (Å²) in [5.41, 5.74) is 5.85. The van der Waals surface area contributed by atoms with Gasteiger partial charge in [0, 0.05) is 103 Å². The summed E-state index contributed by atoms with van der Waals surface area (Å²) < 4.78 is 28.9. The fourth-order valence-corrected chi connectivity index (χ4v) is 9.21. The van der Waals surface area contributed by atoms with Gasteiger partial charge in [-0.05, 0) is 73.6 Å². The lowest BCUT2D eigenvalue weighted by Crippen LogP contribution is -2.50. The lowest BCUT2D eigenvalue weighted by atomic mass is 9.87. The van der Waals surface area contributed by atoms with Crippen LogP contribution in [-0.4, -0.2) is 94.4 Å². The van der Waals surface area contributed by atoms with Crippen molar-refractivity contribution in [1.29, 1.82) is 0 Å². The quantitative estimate of drug-likeness (QED) is 0.241. The van der Waals surface area contributed by atoms with Crippen LogP contribution in [0.2, 0.25) is 0 Å². The Morgan fingerprint density at radius 1 is 0.961 bits per heavy atom. The summed E-state index contributed by atoms with van der Waals surface area (Å²) in [7, 11) is 0. The van der Waals surface area contributed by atoms with Gasteiger partial charge in [0.05, 0.1) is 11.6 Å². The van der Waals surface area contributed by atoms with Crippen molar-refractivity contribution < 1.29 is 23.2 Å². The van der Waals surface area contributed by atoms with E-state index in [1.165, 1.54) is 5.69 Å². The number of piperidine rings is 2. The number of hydrogen-bond donors (Lipinski definition) is 3. The van der Waals surface area contributed by atoms with Crippen LogP contribution in [0.5, 0.6) is 0 Å². The van der Waals surface area contributed by atoms with Crippen LogP contribution in [0, 0.1) is 17.3 Å². The molecule has 12 heteroatoms. The van der Waals surface area contributed by atoms with E-state index in [4.69, 9.17) is 0 Å². The van der Waals surface area contributed by atoms with Crippen LogP contribution in [0.25, 0.3) is 22.3 Å². The molecule has 3 amide bonds. The van der Waals surface area contributed by atoms with Gasteiger partial charge in [0.1, 0.15) is 5.69 Å². The first-order valence-corrected chi connectivity index (χ1v) is 18.3. The summed E-state index contributed by atoms with van der Waals surface area (Å²) in [6, 6.07) is 15.9. The van der Waals surface area contributed by atoms with Gasteiger partial charge in [0.15, 0.2) is 0 Å². The van der Waals surface area contributed by atoms with E-state index in [1.807, 2.05) is 41.3 Å². The first-order chi connectivity index (χ1) is 24.6. The van der Waals surface area contributed by atoms with E-state index in [0.29, 0.717) is 55.9 Å². The van der Waals surface area contributed by atoms with E-state index in [1.54, 1.807) is 6.92 Å². The van der Waals surface area contributed by atoms with Gasteiger partial charge in [0.25, 0.3) is 11.8 Å². The minimum Gasteiger partial charge on any atom is -0.372 e. The third kappa shape index (κ3) is 5.53. The standard InChI is InChI=1S/C39H43F2N7O3/c1-38-21-32-29(20-33(38)39(38,40)41)35(45-44-32)31-19-26-18-25(4-8-30(26)42-31)37(51)48-16-14-46(15-17-48)22-23-10-12-47(13-11-23)27-5-2-24(3-6-27)28-7-9-34(49)43-36(28)50/h2-6,8,18-19,23,28,33,42H,7,9-17,20-22H2,1H3,(H,44,45)(H,43,49,50)/t28-,33-,38+/m0/s1. The molecule has 2 aromatic carbocycles. The molecule has 5 heterocycles. The van der Waals surface area contributed by atoms with Crippen molar-refractivity contribution in [3.63, 3.8) is 0 Å². The molecular weight excluding hydrogens is 652 g/mol. The maximum atomic E-state index is 14.5. The van der Waals surface area contributed by atoms with Crippen molar-refractivity contribution in [1.82, 2.24) is 30.3 Å². The molecule has 5 aliphatic rings. The van der Waals surface area contributed by atoms with Crippen LogP contribution in [0.1, 0.15) is 65.7 Å². The number of halogens is 2. The normalized spacial score (nSPS) is 26.6. The third-order valence-electron chi connectivity index (χ3n) is 12.6. The number of benzene rings is 2. The molecular formula is C39H43F2N7O3. The summed E-state index contributed by atoms with van der Waals surface area (Å²) in [6.07, 6.45) is 3.80. The molecule has 3 saturated heterocycles. The Kier molecular flexibility index (Phi) is 7.61. The number of nitrogens with zero attached hydrogens (tertiary/aromatic N) is 4. The number of fused-ring (bicyclic) bond motifs is 3. The van der Waals surface area contributed by atoms with Gasteiger partial charge in [0.2, 0.25) is 11.8 Å². The Balaban J connectivity index is 0.767. The molecule has 3 aliphatic heterocycles. The minimum atomic E-state index is -2.64. The highest BCUT2D eigenvalue weighted by molar-refractivity contribution is 6.01. The second-order valence-corrected chi connectivity index (χ2v) is 15.6. The topological polar surface area (TPSA) is 117 Å². The largest absolute Gasteiger partial charge is 0.372 e. The Morgan fingerprint density at radius 3 is 2.47 bits per heavy atom. The fourth-order valence-electron chi connectivity index (χ4n) is 9.21. The van der Waals surface area contributed by atoms with Crippen molar-refractivity contribution in [2.45, 2.75) is 57.3 Å². The second-order valence-electron chi connectivity index (χ2n) is 15.6. The molecule has 0 unspecified atom stereocenters. The van der Waals surface area contributed by atoms with Crippen LogP contribution < -0.4 is 10.2 Å². The van der Waals surface area contributed by atoms with Gasteiger partial charge >= 0.3 is 0 Å². The maximum absolute atomic E-state index is 14.5. The number of imide groups is 1. The van der Waals surface area contributed by atoms with Crippen LogP contribution in [0.15, 0.2) is 48.5 Å². The van der Waals surface area contributed by atoms with Crippen LogP contribution >= 0.6 is 0 Å². The number of hydrogen-bond acceptors (Lipinski definition) is 6. The summed E-state index contributed by atoms with van der Waals surface area (Å²) in [5.74, 6) is -3.28. The number of carbonyl (C=O) groups is 3. The number of piperazine rings is 1. The summed E-state index contributed by atoms with van der Waals surface area (Å²) in [6.45, 7) is 7.78. The van der Waals surface area contributed by atoms with Crippen LogP contribution in [-0.2, 0) is 22.4 Å². The highest BCUT2D eigenvalue weighted by atomic mass is 19.3. The Labute approximate surface area is 294 Å². The number of nitrogens with one attached hydrogen (secondary N) is 3. The summed E-state index contributed by atoms with van der Waals surface area (Å²) in [5, 5.41) is 10.9. The van der Waals surface area contributed by atoms with Gasteiger partial charge in [-0.1, -0.05) is 19.1 Å². The van der Waals surface area contributed by atoms with Gasteiger partial charge in [-0.15, -0.1) is 0 Å². The van der Waals surface area contributed by atoms with E-state index in [2.05, 4.69) is 42.4 Å². The molecule has 0 spiro atoms. The zero-order chi connectivity index (χ0) is 35.1. The molecule has 4 fully saturated rings. The molecule has 3 atom stereocenters. The van der Waals surface area contributed by atoms with E-state index >= 15 is 0 Å². The highest BCUT2D eigenvalue weighted by Gasteiger charge is 2.78. The Morgan fingerprint density at radius 2 is 1.73 bits per heavy atom. The number of H-pyrrole nitrogens is 2. The molecule has 1 saturated carbocycles. The smallest absolute Gasteiger partial charge is 0.258 e. The molecule has 4 aromatic rings. The van der Waals surface area contributed by atoms with Gasteiger partial charge in [-0.3, -0.25) is 29.7 Å². The zero-order valence-corrected chi connectivity index (χ0v) is 28.8. The summed E-state index contributed by atoms with van der Waals surface area (Å²) in [4.78, 5) is 47.6. The Hall–Kier alpha value is -4.58. The lowest BCUT2D eigenvalue weighted by Gasteiger charge is -2.39. The summed E-state index contributed by atoms with van der Waals surface area (Å²) >= 11 is 0. The first kappa shape index (κ1) is 32.3. The molecule has 10 nitrogen and oxygen atoms in total. The van der Waals surface area contributed by atoms with Crippen molar-refractivity contribution in [3.8, 4) is 11.4 Å². The zero-order valence-electron chi connectivity index (χ0n) is 28.8. The average Bonchev–Trinajstić information content (AvgIpc) is 3.52. The SMILES string of the molecule is C[C@@]12Cc3[nH]nc(-c4cc5cc(C(=O)N6CCN(CC7CCN(c8ccc([C@@H]9CCC(=O)NC9=O)cc8)CC7)CC6)ccc5[nH]4)c3C[C@@H]1C2(F)F.